The van der Waals surface area contributed by atoms with E-state index in [0.29, 0.717) is 16.4 Å². The molecule has 1 fully saturated rings. The molecule has 2 aromatic heterocycles. The van der Waals surface area contributed by atoms with Crippen LogP contribution in [0.2, 0.25) is 10.3 Å². The fraction of sp³-hybridized carbons (Fsp3) is 0.462. The molecule has 0 unspecified atom stereocenters. The highest BCUT2D eigenvalue weighted by molar-refractivity contribution is 8.00. The van der Waals surface area contributed by atoms with Gasteiger partial charge in [-0.2, -0.15) is 0 Å². The van der Waals surface area contributed by atoms with Crippen molar-refractivity contribution in [3.8, 4) is 0 Å². The van der Waals surface area contributed by atoms with Gasteiger partial charge in [-0.3, -0.25) is 0 Å². The van der Waals surface area contributed by atoms with Crippen molar-refractivity contribution < 1.29 is 4.74 Å². The van der Waals surface area contributed by atoms with Crippen molar-refractivity contribution in [1.82, 2.24) is 15.2 Å². The second-order valence-corrected chi connectivity index (χ2v) is 7.77. The first kappa shape index (κ1) is 16.3. The highest BCUT2D eigenvalue weighted by Crippen LogP contribution is 2.29. The Morgan fingerprint density at radius 1 is 1.32 bits per heavy atom. The maximum absolute atomic E-state index is 5.89. The Hall–Kier alpha value is -0.600. The lowest BCUT2D eigenvalue weighted by molar-refractivity contribution is 0.120. The van der Waals surface area contributed by atoms with Gasteiger partial charge < -0.3 is 10.1 Å². The minimum absolute atomic E-state index is 0.293. The molecule has 0 aromatic carbocycles. The molecule has 0 spiro atoms. The lowest BCUT2D eigenvalue weighted by Gasteiger charge is -2.08. The maximum atomic E-state index is 5.89. The predicted molar refractivity (Wildman–Crippen MR) is 91.2 cm³/mol. The summed E-state index contributed by atoms with van der Waals surface area (Å²) in [6.07, 6.45) is 2.54. The van der Waals surface area contributed by atoms with Gasteiger partial charge in [-0.15, -0.1) is 10.2 Å². The van der Waals surface area contributed by atoms with Gasteiger partial charge in [-0.25, -0.2) is 4.98 Å². The molecular weight excluding hydrogens is 363 g/mol. The number of hydrogen-bond donors (Lipinski definition) is 1. The average Bonchev–Trinajstić information content (AvgIpc) is 3.13. The Kier molecular flexibility index (Phi) is 5.76. The van der Waals surface area contributed by atoms with Crippen molar-refractivity contribution >= 4 is 51.4 Å². The van der Waals surface area contributed by atoms with Crippen LogP contribution in [0.25, 0.3) is 0 Å². The molecule has 0 saturated carbocycles. The van der Waals surface area contributed by atoms with Crippen LogP contribution in [0.3, 0.4) is 0 Å². The minimum atomic E-state index is 0.293. The number of aromatic nitrogens is 3. The maximum Gasteiger partial charge on any atom is 0.206 e. The third-order valence-corrected chi connectivity index (χ3v) is 5.57. The van der Waals surface area contributed by atoms with Crippen molar-refractivity contribution in [1.29, 1.82) is 0 Å². The lowest BCUT2D eigenvalue weighted by atomic mass is 10.2. The Balaban J connectivity index is 1.50. The second-order valence-electron chi connectivity index (χ2n) is 4.80. The monoisotopic (exact) mass is 376 g/mol. The molecule has 0 radical (unpaired) electrons. The number of thioether (sulfide) groups is 1. The summed E-state index contributed by atoms with van der Waals surface area (Å²) < 4.78 is 6.47. The molecular formula is C13H14Cl2N4OS2. The first-order valence-corrected chi connectivity index (χ1v) is 9.38. The van der Waals surface area contributed by atoms with Gasteiger partial charge in [-0.05, 0) is 30.5 Å². The first-order valence-electron chi connectivity index (χ1n) is 6.83. The van der Waals surface area contributed by atoms with Gasteiger partial charge >= 0.3 is 0 Å². The van der Waals surface area contributed by atoms with Crippen LogP contribution in [-0.4, -0.2) is 34.4 Å². The minimum Gasteiger partial charge on any atom is -0.376 e. The molecule has 1 aliphatic heterocycles. The lowest BCUT2D eigenvalue weighted by Crippen LogP contribution is -2.18. The number of ether oxygens (including phenoxy) is 1. The van der Waals surface area contributed by atoms with E-state index in [0.717, 1.165) is 46.8 Å². The number of anilines is 1. The van der Waals surface area contributed by atoms with Crippen LogP contribution in [0, 0.1) is 0 Å². The van der Waals surface area contributed by atoms with E-state index in [1.807, 2.05) is 0 Å². The van der Waals surface area contributed by atoms with Crippen LogP contribution < -0.4 is 5.32 Å². The third-order valence-electron chi connectivity index (χ3n) is 3.10. The van der Waals surface area contributed by atoms with Crippen LogP contribution in [0.15, 0.2) is 16.5 Å². The number of halogens is 2. The van der Waals surface area contributed by atoms with Crippen molar-refractivity contribution in [2.24, 2.45) is 0 Å². The van der Waals surface area contributed by atoms with E-state index in [4.69, 9.17) is 27.9 Å². The molecule has 2 aromatic rings. The van der Waals surface area contributed by atoms with E-state index < -0.39 is 0 Å². The molecule has 3 heterocycles. The van der Waals surface area contributed by atoms with Gasteiger partial charge in [0, 0.05) is 18.9 Å². The van der Waals surface area contributed by atoms with Crippen LogP contribution in [0.5, 0.6) is 0 Å². The molecule has 9 heteroatoms. The number of hydrogen-bond acceptors (Lipinski definition) is 7. The Morgan fingerprint density at radius 2 is 2.14 bits per heavy atom. The number of nitrogens with zero attached hydrogens (tertiary/aromatic N) is 3. The number of pyridine rings is 1. The number of rotatable bonds is 6. The summed E-state index contributed by atoms with van der Waals surface area (Å²) in [5, 5.41) is 13.2. The molecule has 3 rings (SSSR count). The van der Waals surface area contributed by atoms with Crippen molar-refractivity contribution in [2.45, 2.75) is 29.0 Å². The topological polar surface area (TPSA) is 59.9 Å². The van der Waals surface area contributed by atoms with E-state index >= 15 is 0 Å². The number of nitrogens with one attached hydrogen (secondary N) is 1. The van der Waals surface area contributed by atoms with Gasteiger partial charge in [0.05, 0.1) is 6.10 Å². The van der Waals surface area contributed by atoms with Crippen molar-refractivity contribution in [2.75, 3.05) is 18.5 Å². The highest BCUT2D eigenvalue weighted by Gasteiger charge is 2.15. The van der Waals surface area contributed by atoms with Crippen molar-refractivity contribution in [3.05, 3.63) is 28.0 Å². The second kappa shape index (κ2) is 7.79. The Bertz CT molecular complexity index is 614. The Morgan fingerprint density at radius 3 is 2.86 bits per heavy atom. The zero-order valence-electron chi connectivity index (χ0n) is 11.6. The van der Waals surface area contributed by atoms with Gasteiger partial charge in [0.2, 0.25) is 5.13 Å². The summed E-state index contributed by atoms with van der Waals surface area (Å²) in [5.41, 5.74) is 1.01. The molecule has 118 valence electrons. The summed E-state index contributed by atoms with van der Waals surface area (Å²) in [7, 11) is 0. The van der Waals surface area contributed by atoms with Gasteiger partial charge in [0.25, 0.3) is 0 Å². The van der Waals surface area contributed by atoms with Crippen LogP contribution >= 0.6 is 46.3 Å². The summed E-state index contributed by atoms with van der Waals surface area (Å²) in [6, 6.07) is 3.61. The zero-order valence-corrected chi connectivity index (χ0v) is 14.7. The van der Waals surface area contributed by atoms with Gasteiger partial charge in [0.1, 0.15) is 10.3 Å². The fourth-order valence-electron chi connectivity index (χ4n) is 2.09. The molecule has 5 nitrogen and oxygen atoms in total. The van der Waals surface area contributed by atoms with E-state index in [-0.39, 0.29) is 0 Å². The van der Waals surface area contributed by atoms with E-state index in [1.165, 1.54) is 11.3 Å². The largest absolute Gasteiger partial charge is 0.376 e. The van der Waals surface area contributed by atoms with E-state index in [1.54, 1.807) is 23.9 Å². The predicted octanol–water partition coefficient (Wildman–Crippen LogP) is 4.12. The molecule has 1 saturated heterocycles. The molecule has 0 amide bonds. The first-order chi connectivity index (χ1) is 10.7. The van der Waals surface area contributed by atoms with E-state index in [9.17, 15) is 0 Å². The average molecular weight is 377 g/mol. The molecule has 0 bridgehead atoms. The molecule has 22 heavy (non-hydrogen) atoms. The molecule has 1 atom stereocenters. The summed E-state index contributed by atoms with van der Waals surface area (Å²) in [4.78, 5) is 3.93. The standard InChI is InChI=1S/C13H14Cl2N4OS2/c14-10-4-8(5-11(15)17-10)7-21-13-19-18-12(22-13)16-6-9-2-1-3-20-9/h4-5,9H,1-3,6-7H2,(H,16,18)/t9-/m0/s1. The molecule has 1 aliphatic rings. The summed E-state index contributed by atoms with van der Waals surface area (Å²) in [5.74, 6) is 0.725. The molecule has 0 aliphatic carbocycles. The van der Waals surface area contributed by atoms with Gasteiger partial charge in [-0.1, -0.05) is 46.3 Å². The zero-order chi connectivity index (χ0) is 15.4. The quantitative estimate of drug-likeness (QED) is 0.604. The normalized spacial score (nSPS) is 17.8. The fourth-order valence-corrected chi connectivity index (χ4v) is 4.28. The SMILES string of the molecule is Clc1cc(CSc2nnc(NC[C@@H]3CCCO3)s2)cc(Cl)n1. The van der Waals surface area contributed by atoms with Gasteiger partial charge in [0.15, 0.2) is 4.34 Å². The van der Waals surface area contributed by atoms with Crippen LogP contribution in [0.1, 0.15) is 18.4 Å². The Labute approximate surface area is 146 Å². The third kappa shape index (κ3) is 4.70. The molecule has 1 N–H and O–H groups in total. The summed E-state index contributed by atoms with van der Waals surface area (Å²) >= 11 is 14.9. The van der Waals surface area contributed by atoms with Crippen LogP contribution in [0.4, 0.5) is 5.13 Å². The smallest absolute Gasteiger partial charge is 0.206 e. The highest BCUT2D eigenvalue weighted by atomic mass is 35.5. The van der Waals surface area contributed by atoms with Crippen LogP contribution in [-0.2, 0) is 10.5 Å². The van der Waals surface area contributed by atoms with Crippen molar-refractivity contribution in [3.63, 3.8) is 0 Å². The van der Waals surface area contributed by atoms with E-state index in [2.05, 4.69) is 20.5 Å². The summed E-state index contributed by atoms with van der Waals surface area (Å²) in [6.45, 7) is 1.65.